The van der Waals surface area contributed by atoms with E-state index >= 15 is 0 Å². The molecule has 8 heteroatoms. The molecule has 0 spiro atoms. The molecule has 1 fully saturated rings. The molecule has 0 aromatic heterocycles. The summed E-state index contributed by atoms with van der Waals surface area (Å²) >= 11 is 5.43. The lowest BCUT2D eigenvalue weighted by Gasteiger charge is -2.33. The van der Waals surface area contributed by atoms with Crippen LogP contribution in [-0.4, -0.2) is 50.2 Å². The second-order valence-electron chi connectivity index (χ2n) is 4.74. The highest BCUT2D eigenvalue weighted by molar-refractivity contribution is 7.91. The maximum atomic E-state index is 12.5. The predicted octanol–water partition coefficient (Wildman–Crippen LogP) is 0.118. The van der Waals surface area contributed by atoms with Gasteiger partial charge in [-0.25, -0.2) is 8.42 Å². The molecule has 1 amide bonds. The molecule has 1 atom stereocenters. The van der Waals surface area contributed by atoms with Gasteiger partial charge in [-0.2, -0.15) is 10.4 Å². The van der Waals surface area contributed by atoms with E-state index in [2.05, 4.69) is 10.7 Å². The van der Waals surface area contributed by atoms with Gasteiger partial charge in [0.05, 0.1) is 5.75 Å². The molecule has 1 saturated heterocycles. The van der Waals surface area contributed by atoms with Crippen molar-refractivity contribution in [3.05, 3.63) is 35.9 Å². The summed E-state index contributed by atoms with van der Waals surface area (Å²) < 4.78 is 25.1. The van der Waals surface area contributed by atoms with Crippen LogP contribution in [0.4, 0.5) is 0 Å². The smallest absolute Gasteiger partial charge is 0.272 e. The van der Waals surface area contributed by atoms with E-state index in [9.17, 15) is 13.2 Å². The van der Waals surface area contributed by atoms with Crippen molar-refractivity contribution in [1.29, 1.82) is 0 Å². The Bertz CT molecular complexity index is 580. The lowest BCUT2D eigenvalue weighted by Crippen LogP contribution is -2.58. The van der Waals surface area contributed by atoms with Gasteiger partial charge in [-0.15, -0.1) is 11.6 Å². The Labute approximate surface area is 129 Å². The highest BCUT2D eigenvalue weighted by Gasteiger charge is 2.35. The maximum absolute atomic E-state index is 12.5. The highest BCUT2D eigenvalue weighted by Crippen LogP contribution is 2.15. The molecule has 1 aliphatic heterocycles. The van der Waals surface area contributed by atoms with Crippen molar-refractivity contribution < 1.29 is 13.2 Å². The third-order valence-electron chi connectivity index (χ3n) is 3.15. The monoisotopic (exact) mass is 330 g/mol. The molecule has 2 rings (SSSR count). The largest absolute Gasteiger partial charge is 0.313 e. The summed E-state index contributed by atoms with van der Waals surface area (Å²) in [6, 6.07) is 8.95. The molecule has 1 heterocycles. The standard InChI is InChI=1S/C13H17ClN3O3S/c14-8-12(18)16-17-7-6-15-9-13(17)21(19,20)10-11-4-2-1-3-5-11/h1-5,13,15H,6-10H2. The molecule has 1 N–H and O–H groups in total. The number of nitrogens with one attached hydrogen (secondary N) is 1. The number of rotatable bonds is 5. The molecule has 1 aromatic carbocycles. The normalized spacial score (nSPS) is 20.1. The number of carbonyl (C=O) groups is 1. The Balaban J connectivity index is 2.13. The molecule has 1 aliphatic rings. The molecule has 0 bridgehead atoms. The fourth-order valence-corrected chi connectivity index (χ4v) is 3.97. The number of hydrogen-bond donors (Lipinski definition) is 1. The van der Waals surface area contributed by atoms with Crippen molar-refractivity contribution in [3.63, 3.8) is 0 Å². The van der Waals surface area contributed by atoms with Crippen molar-refractivity contribution in [3.8, 4) is 0 Å². The van der Waals surface area contributed by atoms with E-state index in [-0.39, 0.29) is 18.2 Å². The van der Waals surface area contributed by atoms with E-state index in [1.54, 1.807) is 24.3 Å². The summed E-state index contributed by atoms with van der Waals surface area (Å²) in [6.07, 6.45) is 0. The van der Waals surface area contributed by atoms with Gasteiger partial charge in [0.1, 0.15) is 11.3 Å². The van der Waals surface area contributed by atoms with Gasteiger partial charge < -0.3 is 5.32 Å². The molecule has 115 valence electrons. The SMILES string of the molecule is O=C(CCl)[N]N1CCNCC1S(=O)(=O)Cc1ccccc1. The number of amides is 1. The van der Waals surface area contributed by atoms with Gasteiger partial charge in [0.15, 0.2) is 9.84 Å². The zero-order valence-electron chi connectivity index (χ0n) is 11.4. The minimum absolute atomic E-state index is 0.0821. The van der Waals surface area contributed by atoms with E-state index in [1.165, 1.54) is 5.01 Å². The first-order valence-corrected chi connectivity index (χ1v) is 8.81. The van der Waals surface area contributed by atoms with E-state index in [0.29, 0.717) is 18.7 Å². The minimum Gasteiger partial charge on any atom is -0.313 e. The van der Waals surface area contributed by atoms with Crippen LogP contribution in [0.1, 0.15) is 5.56 Å². The molecule has 1 unspecified atom stereocenters. The van der Waals surface area contributed by atoms with E-state index < -0.39 is 21.1 Å². The van der Waals surface area contributed by atoms with Crippen LogP contribution in [0, 0.1) is 0 Å². The molecule has 21 heavy (non-hydrogen) atoms. The highest BCUT2D eigenvalue weighted by atomic mass is 35.5. The molecule has 1 aromatic rings. The van der Waals surface area contributed by atoms with Crippen LogP contribution in [0.2, 0.25) is 0 Å². The van der Waals surface area contributed by atoms with Crippen LogP contribution in [0.5, 0.6) is 0 Å². The first-order chi connectivity index (χ1) is 10.0. The second kappa shape index (κ2) is 7.22. The van der Waals surface area contributed by atoms with Gasteiger partial charge in [-0.1, -0.05) is 30.3 Å². The summed E-state index contributed by atoms with van der Waals surface area (Å²) in [5.74, 6) is -0.866. The van der Waals surface area contributed by atoms with Crippen molar-refractivity contribution >= 4 is 27.3 Å². The van der Waals surface area contributed by atoms with Gasteiger partial charge in [0, 0.05) is 19.6 Å². The van der Waals surface area contributed by atoms with Crippen LogP contribution in [0.25, 0.3) is 0 Å². The molecular formula is C13H17ClN3O3S. The van der Waals surface area contributed by atoms with E-state index in [1.807, 2.05) is 6.07 Å². The number of hydrogen-bond acceptors (Lipinski definition) is 5. The maximum Gasteiger partial charge on any atom is 0.272 e. The Morgan fingerprint density at radius 1 is 1.38 bits per heavy atom. The molecule has 1 radical (unpaired) electrons. The zero-order valence-corrected chi connectivity index (χ0v) is 13.0. The van der Waals surface area contributed by atoms with Gasteiger partial charge >= 0.3 is 0 Å². The number of piperazine rings is 1. The Morgan fingerprint density at radius 3 is 2.76 bits per heavy atom. The fourth-order valence-electron chi connectivity index (χ4n) is 2.17. The zero-order chi connectivity index (χ0) is 15.3. The average Bonchev–Trinajstić information content (AvgIpc) is 2.48. The summed E-state index contributed by atoms with van der Waals surface area (Å²) in [6.45, 7) is 1.19. The van der Waals surface area contributed by atoms with Crippen LogP contribution in [0.15, 0.2) is 30.3 Å². The van der Waals surface area contributed by atoms with Crippen LogP contribution in [-0.2, 0) is 20.4 Å². The van der Waals surface area contributed by atoms with E-state index in [4.69, 9.17) is 11.6 Å². The average molecular weight is 331 g/mol. The van der Waals surface area contributed by atoms with Crippen molar-refractivity contribution in [2.75, 3.05) is 25.5 Å². The van der Waals surface area contributed by atoms with Crippen molar-refractivity contribution in [2.45, 2.75) is 11.1 Å². The topological polar surface area (TPSA) is 80.6 Å². The predicted molar refractivity (Wildman–Crippen MR) is 80.3 cm³/mol. The number of sulfone groups is 1. The number of carbonyl (C=O) groups excluding carboxylic acids is 1. The molecule has 6 nitrogen and oxygen atoms in total. The number of nitrogens with zero attached hydrogens (tertiary/aromatic N) is 2. The minimum atomic E-state index is -3.47. The summed E-state index contributed by atoms with van der Waals surface area (Å²) in [5, 5.41) is 3.51. The van der Waals surface area contributed by atoms with E-state index in [0.717, 1.165) is 0 Å². The van der Waals surface area contributed by atoms with Gasteiger partial charge in [0.25, 0.3) is 5.91 Å². The first-order valence-electron chi connectivity index (χ1n) is 6.56. The van der Waals surface area contributed by atoms with Crippen LogP contribution in [0.3, 0.4) is 0 Å². The van der Waals surface area contributed by atoms with Gasteiger partial charge in [-0.05, 0) is 5.56 Å². The summed E-state index contributed by atoms with van der Waals surface area (Å²) in [5.41, 5.74) is 4.50. The summed E-state index contributed by atoms with van der Waals surface area (Å²) in [7, 11) is -3.47. The molecule has 0 saturated carbocycles. The van der Waals surface area contributed by atoms with Crippen LogP contribution < -0.4 is 10.7 Å². The number of benzene rings is 1. The van der Waals surface area contributed by atoms with Crippen LogP contribution >= 0.6 is 11.6 Å². The van der Waals surface area contributed by atoms with Gasteiger partial charge in [-0.3, -0.25) is 4.79 Å². The Kier molecular flexibility index (Phi) is 5.58. The Morgan fingerprint density at radius 2 is 2.10 bits per heavy atom. The second-order valence-corrected chi connectivity index (χ2v) is 7.17. The third-order valence-corrected chi connectivity index (χ3v) is 5.35. The van der Waals surface area contributed by atoms with Gasteiger partial charge in [0.2, 0.25) is 0 Å². The quantitative estimate of drug-likeness (QED) is 0.775. The Hall–Kier alpha value is -1.15. The first kappa shape index (κ1) is 16.2. The fraction of sp³-hybridized carbons (Fsp3) is 0.462. The third kappa shape index (κ3) is 4.41. The molecule has 0 aliphatic carbocycles. The van der Waals surface area contributed by atoms with Crippen molar-refractivity contribution in [2.24, 2.45) is 0 Å². The number of alkyl halides is 1. The number of halogens is 1. The lowest BCUT2D eigenvalue weighted by atomic mass is 10.2. The van der Waals surface area contributed by atoms with Crippen molar-refractivity contribution in [1.82, 2.24) is 15.8 Å². The molecular weight excluding hydrogens is 314 g/mol. The lowest BCUT2D eigenvalue weighted by molar-refractivity contribution is -0.124. The summed E-state index contributed by atoms with van der Waals surface area (Å²) in [4.78, 5) is 11.4.